The first-order valence-electron chi connectivity index (χ1n) is 13.2. The average Bonchev–Trinajstić information content (AvgIpc) is 2.79. The van der Waals surface area contributed by atoms with E-state index in [2.05, 4.69) is 42.6 Å². The maximum absolute atomic E-state index is 5.93. The topological polar surface area (TPSA) is 38.0 Å². The Morgan fingerprint density at radius 1 is 0.806 bits per heavy atom. The van der Waals surface area contributed by atoms with Gasteiger partial charge in [0.05, 0.1) is 0 Å². The Morgan fingerprint density at radius 3 is 1.97 bits per heavy atom. The number of unbranched alkanes of at least 4 members (excludes halogenated alkanes) is 13. The van der Waals surface area contributed by atoms with Crippen molar-refractivity contribution in [1.29, 1.82) is 0 Å². The summed E-state index contributed by atoms with van der Waals surface area (Å²) in [5.41, 5.74) is 8.13. The number of nitrogens with two attached hydrogens (primary N) is 1. The number of allylic oxidation sites excluding steroid dienone is 3. The molecule has 1 aliphatic rings. The molecule has 1 aliphatic carbocycles. The van der Waals surface area contributed by atoms with Crippen LogP contribution in [-0.4, -0.2) is 6.54 Å². The summed E-state index contributed by atoms with van der Waals surface area (Å²) in [4.78, 5) is 0. The molecule has 31 heavy (non-hydrogen) atoms. The monoisotopic (exact) mass is 424 g/mol. The molecule has 0 radical (unpaired) electrons. The van der Waals surface area contributed by atoms with E-state index in [1.165, 1.54) is 96.3 Å². The van der Waals surface area contributed by atoms with Crippen LogP contribution in [0.25, 0.3) is 0 Å². The molecule has 0 saturated carbocycles. The molecule has 0 heterocycles. The lowest BCUT2D eigenvalue weighted by Gasteiger charge is -2.32. The third-order valence-corrected chi connectivity index (χ3v) is 6.78. The molecule has 2 heteroatoms. The third-order valence-electron chi connectivity index (χ3n) is 6.78. The van der Waals surface area contributed by atoms with Gasteiger partial charge in [-0.2, -0.15) is 0 Å². The van der Waals surface area contributed by atoms with Crippen LogP contribution < -0.4 is 11.1 Å². The van der Waals surface area contributed by atoms with Crippen LogP contribution >= 0.6 is 0 Å². The summed E-state index contributed by atoms with van der Waals surface area (Å²) in [6, 6.07) is 8.11. The number of nitrogen functional groups attached to an aromatic ring is 1. The van der Waals surface area contributed by atoms with Crippen molar-refractivity contribution in [3.8, 4) is 0 Å². The fraction of sp³-hybridized carbons (Fsp3) is 0.655. The van der Waals surface area contributed by atoms with E-state index in [0.29, 0.717) is 0 Å². The number of benzene rings is 1. The summed E-state index contributed by atoms with van der Waals surface area (Å²) >= 11 is 0. The lowest BCUT2D eigenvalue weighted by Crippen LogP contribution is -2.28. The number of anilines is 2. The molecule has 2 rings (SSSR count). The molecule has 0 saturated heterocycles. The summed E-state index contributed by atoms with van der Waals surface area (Å²) in [6.45, 7) is 3.28. The number of hydrogen-bond acceptors (Lipinski definition) is 2. The Kier molecular flexibility index (Phi) is 13.2. The van der Waals surface area contributed by atoms with Gasteiger partial charge in [-0.25, -0.2) is 0 Å². The van der Waals surface area contributed by atoms with Crippen LogP contribution in [0.5, 0.6) is 0 Å². The highest BCUT2D eigenvalue weighted by atomic mass is 14.9. The standard InChI is InChI=1S/C29H48N2/c1-2-3-4-5-6-7-8-9-10-11-12-13-14-16-22-29(23-17-15-18-24-29)26-31-28-21-19-20-27(30)25-28/h15,17-21,23,25,31H,2-14,16,22,24,26,30H2,1H3. The number of nitrogens with one attached hydrogen (secondary N) is 1. The van der Waals surface area contributed by atoms with Gasteiger partial charge >= 0.3 is 0 Å². The van der Waals surface area contributed by atoms with Crippen LogP contribution in [0.15, 0.2) is 48.6 Å². The SMILES string of the molecule is CCCCCCCCCCCCCCCCC1(CNc2cccc(N)c2)C=CC=CC1. The second-order valence-electron chi connectivity index (χ2n) is 9.68. The van der Waals surface area contributed by atoms with E-state index in [1.54, 1.807) is 0 Å². The zero-order chi connectivity index (χ0) is 22.0. The molecule has 2 nitrogen and oxygen atoms in total. The van der Waals surface area contributed by atoms with Crippen molar-refractivity contribution in [1.82, 2.24) is 0 Å². The van der Waals surface area contributed by atoms with Gasteiger partial charge in [-0.05, 0) is 31.0 Å². The van der Waals surface area contributed by atoms with Crippen LogP contribution in [0, 0.1) is 5.41 Å². The molecule has 0 amide bonds. The smallest absolute Gasteiger partial charge is 0.0361 e. The molecule has 1 unspecified atom stereocenters. The van der Waals surface area contributed by atoms with E-state index in [4.69, 9.17) is 5.73 Å². The largest absolute Gasteiger partial charge is 0.399 e. The molecule has 1 aromatic carbocycles. The first kappa shape index (κ1) is 25.6. The molecule has 1 atom stereocenters. The van der Waals surface area contributed by atoms with Gasteiger partial charge in [-0.1, -0.05) is 127 Å². The summed E-state index contributed by atoms with van der Waals surface area (Å²) in [5, 5.41) is 3.63. The lowest BCUT2D eigenvalue weighted by atomic mass is 9.77. The predicted molar refractivity (Wildman–Crippen MR) is 140 cm³/mol. The van der Waals surface area contributed by atoms with E-state index >= 15 is 0 Å². The second-order valence-corrected chi connectivity index (χ2v) is 9.68. The Labute approximate surface area is 192 Å². The van der Waals surface area contributed by atoms with Crippen molar-refractivity contribution < 1.29 is 0 Å². The van der Waals surface area contributed by atoms with E-state index in [-0.39, 0.29) is 5.41 Å². The lowest BCUT2D eigenvalue weighted by molar-refractivity contribution is 0.354. The average molecular weight is 425 g/mol. The fourth-order valence-corrected chi connectivity index (χ4v) is 4.71. The Balaban J connectivity index is 1.52. The summed E-state index contributed by atoms with van der Waals surface area (Å²) in [5.74, 6) is 0. The van der Waals surface area contributed by atoms with E-state index in [1.807, 2.05) is 18.2 Å². The number of rotatable bonds is 18. The molecule has 174 valence electrons. The maximum Gasteiger partial charge on any atom is 0.0361 e. The Bertz CT molecular complexity index is 633. The summed E-state index contributed by atoms with van der Waals surface area (Å²) in [7, 11) is 0. The zero-order valence-electron chi connectivity index (χ0n) is 20.2. The molecule has 0 spiro atoms. The molecule has 3 N–H and O–H groups in total. The van der Waals surface area contributed by atoms with Crippen molar-refractivity contribution in [2.45, 2.75) is 110 Å². The van der Waals surface area contributed by atoms with Crippen LogP contribution in [0.2, 0.25) is 0 Å². The quantitative estimate of drug-likeness (QED) is 0.182. The predicted octanol–water partition coefficient (Wildman–Crippen LogP) is 9.05. The van der Waals surface area contributed by atoms with Gasteiger partial charge < -0.3 is 11.1 Å². The highest BCUT2D eigenvalue weighted by Crippen LogP contribution is 2.34. The first-order chi connectivity index (χ1) is 15.2. The van der Waals surface area contributed by atoms with Gasteiger partial charge in [-0.15, -0.1) is 0 Å². The highest BCUT2D eigenvalue weighted by molar-refractivity contribution is 5.54. The zero-order valence-corrected chi connectivity index (χ0v) is 20.2. The second kappa shape index (κ2) is 16.0. The molecular formula is C29H48N2. The van der Waals surface area contributed by atoms with E-state index < -0.39 is 0 Å². The minimum absolute atomic E-state index is 0.247. The van der Waals surface area contributed by atoms with Crippen molar-refractivity contribution in [2.75, 3.05) is 17.6 Å². The highest BCUT2D eigenvalue weighted by Gasteiger charge is 2.26. The summed E-state index contributed by atoms with van der Waals surface area (Å²) < 4.78 is 0. The molecule has 0 aromatic heterocycles. The van der Waals surface area contributed by atoms with Gasteiger partial charge in [0, 0.05) is 23.3 Å². The van der Waals surface area contributed by atoms with Crippen molar-refractivity contribution in [3.05, 3.63) is 48.6 Å². The van der Waals surface area contributed by atoms with E-state index in [0.717, 1.165) is 24.3 Å². The first-order valence-corrected chi connectivity index (χ1v) is 13.2. The van der Waals surface area contributed by atoms with Gasteiger partial charge in [0.1, 0.15) is 0 Å². The maximum atomic E-state index is 5.93. The van der Waals surface area contributed by atoms with Crippen LogP contribution in [0.4, 0.5) is 11.4 Å². The Hall–Kier alpha value is -1.70. The van der Waals surface area contributed by atoms with Crippen LogP contribution in [0.1, 0.15) is 110 Å². The van der Waals surface area contributed by atoms with Crippen LogP contribution in [-0.2, 0) is 0 Å². The normalized spacial score (nSPS) is 17.8. The van der Waals surface area contributed by atoms with Crippen molar-refractivity contribution >= 4 is 11.4 Å². The molecule has 0 fully saturated rings. The molecule has 1 aromatic rings. The van der Waals surface area contributed by atoms with Crippen molar-refractivity contribution in [2.24, 2.45) is 5.41 Å². The minimum Gasteiger partial charge on any atom is -0.399 e. The third kappa shape index (κ3) is 11.5. The van der Waals surface area contributed by atoms with E-state index in [9.17, 15) is 0 Å². The van der Waals surface area contributed by atoms with Gasteiger partial charge in [-0.3, -0.25) is 0 Å². The van der Waals surface area contributed by atoms with Gasteiger partial charge in [0.25, 0.3) is 0 Å². The molecular weight excluding hydrogens is 376 g/mol. The fourth-order valence-electron chi connectivity index (χ4n) is 4.71. The molecule has 0 bridgehead atoms. The molecule has 0 aliphatic heterocycles. The van der Waals surface area contributed by atoms with Crippen LogP contribution in [0.3, 0.4) is 0 Å². The van der Waals surface area contributed by atoms with Gasteiger partial charge in [0.15, 0.2) is 0 Å². The number of hydrogen-bond donors (Lipinski definition) is 2. The van der Waals surface area contributed by atoms with Crippen molar-refractivity contribution in [3.63, 3.8) is 0 Å². The minimum atomic E-state index is 0.247. The van der Waals surface area contributed by atoms with Gasteiger partial charge in [0.2, 0.25) is 0 Å². The summed E-state index contributed by atoms with van der Waals surface area (Å²) in [6.07, 6.45) is 31.4. The Morgan fingerprint density at radius 2 is 1.42 bits per heavy atom.